The summed E-state index contributed by atoms with van der Waals surface area (Å²) < 4.78 is 11.9. The summed E-state index contributed by atoms with van der Waals surface area (Å²) in [5.74, 6) is 2.39. The SMILES string of the molecule is CC(Oc1ccc(CC2SC(=O)NC2=O)cc1)c1nc2ccc(Oc3cccc(O)c3)cc2[nH]1.Cl. The third-order valence-corrected chi connectivity index (χ3v) is 6.32. The van der Waals surface area contributed by atoms with E-state index in [4.69, 9.17) is 9.47 Å². The van der Waals surface area contributed by atoms with Gasteiger partial charge in [0.25, 0.3) is 5.24 Å². The fourth-order valence-corrected chi connectivity index (χ4v) is 4.51. The number of hydrogen-bond acceptors (Lipinski definition) is 7. The quantitative estimate of drug-likeness (QED) is 0.299. The molecule has 35 heavy (non-hydrogen) atoms. The maximum atomic E-state index is 11.8. The highest BCUT2D eigenvalue weighted by molar-refractivity contribution is 8.15. The lowest BCUT2D eigenvalue weighted by molar-refractivity contribution is -0.118. The summed E-state index contributed by atoms with van der Waals surface area (Å²) in [5, 5.41) is 11.2. The van der Waals surface area contributed by atoms with Gasteiger partial charge in [0.05, 0.1) is 16.3 Å². The Morgan fingerprint density at radius 1 is 1.03 bits per heavy atom. The minimum atomic E-state index is -0.393. The van der Waals surface area contributed by atoms with Crippen LogP contribution in [0.5, 0.6) is 23.0 Å². The van der Waals surface area contributed by atoms with Crippen LogP contribution in [0.25, 0.3) is 11.0 Å². The summed E-state index contributed by atoms with van der Waals surface area (Å²) in [5.41, 5.74) is 2.54. The number of aromatic amines is 1. The molecule has 0 aliphatic carbocycles. The number of fused-ring (bicyclic) bond motifs is 1. The zero-order valence-corrected chi connectivity index (χ0v) is 20.2. The molecule has 4 aromatic rings. The van der Waals surface area contributed by atoms with E-state index in [9.17, 15) is 14.7 Å². The number of ether oxygens (including phenoxy) is 2. The third-order valence-electron chi connectivity index (χ3n) is 5.33. The zero-order valence-electron chi connectivity index (χ0n) is 18.6. The highest BCUT2D eigenvalue weighted by Crippen LogP contribution is 2.29. The van der Waals surface area contributed by atoms with Crippen molar-refractivity contribution in [3.8, 4) is 23.0 Å². The van der Waals surface area contributed by atoms with Gasteiger partial charge in [0.15, 0.2) is 6.10 Å². The van der Waals surface area contributed by atoms with Gasteiger partial charge in [0.1, 0.15) is 28.8 Å². The lowest BCUT2D eigenvalue weighted by Gasteiger charge is -2.13. The van der Waals surface area contributed by atoms with Crippen LogP contribution in [0.1, 0.15) is 24.4 Å². The smallest absolute Gasteiger partial charge is 0.286 e. The van der Waals surface area contributed by atoms with E-state index in [0.29, 0.717) is 29.5 Å². The largest absolute Gasteiger partial charge is 0.508 e. The second kappa shape index (κ2) is 10.3. The van der Waals surface area contributed by atoms with E-state index in [1.165, 1.54) is 0 Å². The van der Waals surface area contributed by atoms with Crippen LogP contribution in [0.15, 0.2) is 66.7 Å². The number of benzene rings is 3. The van der Waals surface area contributed by atoms with Crippen molar-refractivity contribution in [1.29, 1.82) is 0 Å². The van der Waals surface area contributed by atoms with E-state index < -0.39 is 5.25 Å². The lowest BCUT2D eigenvalue weighted by Crippen LogP contribution is -2.25. The number of hydrogen-bond donors (Lipinski definition) is 3. The van der Waals surface area contributed by atoms with E-state index in [0.717, 1.165) is 28.4 Å². The summed E-state index contributed by atoms with van der Waals surface area (Å²) in [6, 6.07) is 19.6. The Bertz CT molecular complexity index is 1380. The van der Waals surface area contributed by atoms with Gasteiger partial charge in [-0.3, -0.25) is 14.9 Å². The molecule has 10 heteroatoms. The Kier molecular flexibility index (Phi) is 7.18. The van der Waals surface area contributed by atoms with Gasteiger partial charge >= 0.3 is 0 Å². The number of carbonyl (C=O) groups is 2. The molecule has 1 aliphatic heterocycles. The van der Waals surface area contributed by atoms with Crippen molar-refractivity contribution in [2.75, 3.05) is 0 Å². The topological polar surface area (TPSA) is 114 Å². The van der Waals surface area contributed by atoms with Crippen molar-refractivity contribution in [1.82, 2.24) is 15.3 Å². The van der Waals surface area contributed by atoms with Crippen LogP contribution in [0.2, 0.25) is 0 Å². The molecular weight excluding hydrogens is 490 g/mol. The van der Waals surface area contributed by atoms with E-state index in [2.05, 4.69) is 15.3 Å². The summed E-state index contributed by atoms with van der Waals surface area (Å²) >= 11 is 1.02. The summed E-state index contributed by atoms with van der Waals surface area (Å²) in [4.78, 5) is 31.0. The highest BCUT2D eigenvalue weighted by Gasteiger charge is 2.31. The van der Waals surface area contributed by atoms with Gasteiger partial charge in [-0.1, -0.05) is 30.0 Å². The number of nitrogens with one attached hydrogen (secondary N) is 2. The number of rotatable bonds is 7. The Morgan fingerprint density at radius 2 is 1.77 bits per heavy atom. The predicted molar refractivity (Wildman–Crippen MR) is 136 cm³/mol. The van der Waals surface area contributed by atoms with Crippen LogP contribution in [0, 0.1) is 0 Å². The third kappa shape index (κ3) is 5.70. The minimum Gasteiger partial charge on any atom is -0.508 e. The Hall–Kier alpha value is -3.69. The number of H-pyrrole nitrogens is 1. The number of halogens is 1. The van der Waals surface area contributed by atoms with Crippen LogP contribution in [-0.4, -0.2) is 31.5 Å². The van der Waals surface area contributed by atoms with Crippen LogP contribution < -0.4 is 14.8 Å². The van der Waals surface area contributed by atoms with Crippen molar-refractivity contribution in [3.05, 3.63) is 78.1 Å². The van der Waals surface area contributed by atoms with Gasteiger partial charge in [-0.25, -0.2) is 4.98 Å². The summed E-state index contributed by atoms with van der Waals surface area (Å²) in [6.45, 7) is 1.90. The van der Waals surface area contributed by atoms with Gasteiger partial charge < -0.3 is 19.6 Å². The summed E-state index contributed by atoms with van der Waals surface area (Å²) in [7, 11) is 0. The predicted octanol–water partition coefficient (Wildman–Crippen LogP) is 5.52. The first-order chi connectivity index (χ1) is 16.4. The number of aromatic hydroxyl groups is 1. The standard InChI is InChI=1S/C25H21N3O5S.ClH/c1-14(32-17-7-5-15(6-8-17)11-22-24(30)28-25(31)34-22)23-26-20-10-9-19(13-21(20)27-23)33-18-4-2-3-16(29)12-18;/h2-10,12-14,22,29H,11H2,1H3,(H,26,27)(H,28,30,31);1H. The molecule has 2 atom stereocenters. The number of carbonyl (C=O) groups excluding carboxylic acids is 2. The zero-order chi connectivity index (χ0) is 23.7. The maximum absolute atomic E-state index is 11.8. The fraction of sp³-hybridized carbons (Fsp3) is 0.160. The minimum absolute atomic E-state index is 0. The van der Waals surface area contributed by atoms with Gasteiger partial charge in [-0.15, -0.1) is 12.4 Å². The second-order valence-corrected chi connectivity index (χ2v) is 9.07. The van der Waals surface area contributed by atoms with E-state index >= 15 is 0 Å². The number of phenolic OH excluding ortho intramolecular Hbond substituents is 1. The maximum Gasteiger partial charge on any atom is 0.286 e. The van der Waals surface area contributed by atoms with Gasteiger partial charge in [0, 0.05) is 12.1 Å². The normalized spacial score (nSPS) is 16.0. The van der Waals surface area contributed by atoms with Gasteiger partial charge in [0.2, 0.25) is 5.91 Å². The molecule has 5 rings (SSSR count). The van der Waals surface area contributed by atoms with Crippen molar-refractivity contribution < 1.29 is 24.2 Å². The van der Waals surface area contributed by atoms with E-state index in [1.54, 1.807) is 24.3 Å². The fourth-order valence-electron chi connectivity index (χ4n) is 3.65. The first-order valence-electron chi connectivity index (χ1n) is 10.7. The van der Waals surface area contributed by atoms with E-state index in [-0.39, 0.29) is 35.4 Å². The molecule has 1 aromatic heterocycles. The average molecular weight is 512 g/mol. The number of thioether (sulfide) groups is 1. The highest BCUT2D eigenvalue weighted by atomic mass is 35.5. The first-order valence-corrected chi connectivity index (χ1v) is 11.5. The molecule has 1 saturated heterocycles. The van der Waals surface area contributed by atoms with E-state index in [1.807, 2.05) is 49.4 Å². The molecule has 0 saturated carbocycles. The molecule has 180 valence electrons. The number of imide groups is 1. The number of imidazole rings is 1. The Labute approximate surface area is 211 Å². The molecule has 2 heterocycles. The molecule has 3 aromatic carbocycles. The first kappa shape index (κ1) is 24.4. The number of amides is 2. The molecule has 2 unspecified atom stereocenters. The second-order valence-electron chi connectivity index (χ2n) is 7.89. The van der Waals surface area contributed by atoms with Crippen LogP contribution in [0.4, 0.5) is 4.79 Å². The van der Waals surface area contributed by atoms with Crippen molar-refractivity contribution in [2.24, 2.45) is 0 Å². The monoisotopic (exact) mass is 511 g/mol. The molecule has 8 nitrogen and oxygen atoms in total. The van der Waals surface area contributed by atoms with Crippen molar-refractivity contribution in [3.63, 3.8) is 0 Å². The van der Waals surface area contributed by atoms with Gasteiger partial charge in [-0.05, 0) is 55.3 Å². The number of nitrogens with zero attached hydrogens (tertiary/aromatic N) is 1. The van der Waals surface area contributed by atoms with Crippen molar-refractivity contribution in [2.45, 2.75) is 24.7 Å². The van der Waals surface area contributed by atoms with Crippen LogP contribution >= 0.6 is 24.2 Å². The summed E-state index contributed by atoms with van der Waals surface area (Å²) in [6.07, 6.45) is 0.150. The molecular formula is C25H22ClN3O5S. The number of phenols is 1. The van der Waals surface area contributed by atoms with Crippen molar-refractivity contribution >= 4 is 46.3 Å². The molecule has 3 N–H and O–H groups in total. The van der Waals surface area contributed by atoms with Crippen LogP contribution in [-0.2, 0) is 11.2 Å². The molecule has 1 fully saturated rings. The Morgan fingerprint density at radius 3 is 2.49 bits per heavy atom. The molecule has 0 bridgehead atoms. The molecule has 1 aliphatic rings. The van der Waals surface area contributed by atoms with Crippen LogP contribution in [0.3, 0.4) is 0 Å². The molecule has 0 radical (unpaired) electrons. The Balaban J connectivity index is 0.00000289. The van der Waals surface area contributed by atoms with Gasteiger partial charge in [-0.2, -0.15) is 0 Å². The molecule has 2 amide bonds. The number of aromatic nitrogens is 2. The average Bonchev–Trinajstić information content (AvgIpc) is 3.37. The lowest BCUT2D eigenvalue weighted by atomic mass is 10.1. The molecule has 0 spiro atoms.